The van der Waals surface area contributed by atoms with Crippen LogP contribution < -0.4 is 0 Å². The van der Waals surface area contributed by atoms with Crippen molar-refractivity contribution in [2.24, 2.45) is 5.92 Å². The lowest BCUT2D eigenvalue weighted by atomic mass is 10.1. The summed E-state index contributed by atoms with van der Waals surface area (Å²) in [6, 6.07) is 9.45. The molecule has 2 rings (SSSR count). The van der Waals surface area contributed by atoms with Crippen LogP contribution in [0.2, 0.25) is 0 Å². The number of hydrogen-bond acceptors (Lipinski definition) is 1. The fraction of sp³-hybridized carbons (Fsp3) is 0.357. The van der Waals surface area contributed by atoms with Crippen molar-refractivity contribution in [3.05, 3.63) is 48.0 Å². The predicted molar refractivity (Wildman–Crippen MR) is 61.9 cm³/mol. The molecule has 78 valence electrons. The van der Waals surface area contributed by atoms with Crippen molar-refractivity contribution in [2.45, 2.75) is 25.7 Å². The van der Waals surface area contributed by atoms with Crippen LogP contribution in [0.15, 0.2) is 42.5 Å². The molecular formula is C14H16O. The zero-order valence-corrected chi connectivity index (χ0v) is 8.86. The van der Waals surface area contributed by atoms with E-state index < -0.39 is 0 Å². The molecular weight excluding hydrogens is 184 g/mol. The monoisotopic (exact) mass is 200 g/mol. The van der Waals surface area contributed by atoms with Gasteiger partial charge in [0.15, 0.2) is 5.78 Å². The average Bonchev–Trinajstić information content (AvgIpc) is 2.80. The Morgan fingerprint density at radius 3 is 2.47 bits per heavy atom. The van der Waals surface area contributed by atoms with Gasteiger partial charge >= 0.3 is 0 Å². The van der Waals surface area contributed by atoms with Crippen LogP contribution in [0.25, 0.3) is 0 Å². The highest BCUT2D eigenvalue weighted by molar-refractivity contribution is 6.04. The van der Waals surface area contributed by atoms with E-state index in [9.17, 15) is 4.79 Å². The molecule has 1 aliphatic carbocycles. The Bertz CT molecular complexity index is 345. The third kappa shape index (κ3) is 2.79. The molecule has 0 aliphatic heterocycles. The minimum Gasteiger partial charge on any atom is -0.289 e. The first-order chi connectivity index (χ1) is 7.36. The lowest BCUT2D eigenvalue weighted by Gasteiger charge is -1.99. The van der Waals surface area contributed by atoms with Crippen LogP contribution in [-0.4, -0.2) is 5.78 Å². The Balaban J connectivity index is 1.97. The number of ketones is 1. The van der Waals surface area contributed by atoms with Gasteiger partial charge in [-0.05, 0) is 24.8 Å². The van der Waals surface area contributed by atoms with Gasteiger partial charge in [0.25, 0.3) is 0 Å². The minimum absolute atomic E-state index is 0.127. The highest BCUT2D eigenvalue weighted by atomic mass is 16.1. The number of carbonyl (C=O) groups is 1. The SMILES string of the molecule is O=C(/C=C/C1CCCC1)c1ccccc1. The molecule has 0 bridgehead atoms. The fourth-order valence-corrected chi connectivity index (χ4v) is 2.07. The van der Waals surface area contributed by atoms with E-state index in [2.05, 4.69) is 6.08 Å². The van der Waals surface area contributed by atoms with Gasteiger partial charge in [-0.1, -0.05) is 49.2 Å². The van der Waals surface area contributed by atoms with Crippen LogP contribution >= 0.6 is 0 Å². The summed E-state index contributed by atoms with van der Waals surface area (Å²) < 4.78 is 0. The molecule has 0 saturated heterocycles. The molecule has 0 amide bonds. The second-order valence-corrected chi connectivity index (χ2v) is 4.13. The van der Waals surface area contributed by atoms with Crippen molar-refractivity contribution >= 4 is 5.78 Å². The molecule has 1 fully saturated rings. The van der Waals surface area contributed by atoms with Gasteiger partial charge in [0.1, 0.15) is 0 Å². The molecule has 0 heterocycles. The Labute approximate surface area is 90.8 Å². The molecule has 0 atom stereocenters. The lowest BCUT2D eigenvalue weighted by molar-refractivity contribution is 0.104. The maximum Gasteiger partial charge on any atom is 0.185 e. The van der Waals surface area contributed by atoms with Crippen LogP contribution in [0, 0.1) is 5.92 Å². The number of allylic oxidation sites excluding steroid dienone is 2. The largest absolute Gasteiger partial charge is 0.289 e. The summed E-state index contributed by atoms with van der Waals surface area (Å²) in [6.45, 7) is 0. The van der Waals surface area contributed by atoms with E-state index in [0.29, 0.717) is 5.92 Å². The van der Waals surface area contributed by atoms with Crippen molar-refractivity contribution in [2.75, 3.05) is 0 Å². The molecule has 0 radical (unpaired) electrons. The van der Waals surface area contributed by atoms with E-state index in [4.69, 9.17) is 0 Å². The molecule has 0 spiro atoms. The first kappa shape index (κ1) is 10.2. The van der Waals surface area contributed by atoms with Gasteiger partial charge in [0, 0.05) is 5.56 Å². The summed E-state index contributed by atoms with van der Waals surface area (Å²) in [7, 11) is 0. The fourth-order valence-electron chi connectivity index (χ4n) is 2.07. The van der Waals surface area contributed by atoms with Gasteiger partial charge in [0.05, 0.1) is 0 Å². The summed E-state index contributed by atoms with van der Waals surface area (Å²) >= 11 is 0. The van der Waals surface area contributed by atoms with E-state index in [-0.39, 0.29) is 5.78 Å². The predicted octanol–water partition coefficient (Wildman–Crippen LogP) is 3.62. The summed E-state index contributed by atoms with van der Waals surface area (Å²) in [5.74, 6) is 0.764. The van der Waals surface area contributed by atoms with Gasteiger partial charge < -0.3 is 0 Å². The number of rotatable bonds is 3. The van der Waals surface area contributed by atoms with Crippen LogP contribution in [-0.2, 0) is 0 Å². The normalized spacial score (nSPS) is 17.3. The van der Waals surface area contributed by atoms with Crippen molar-refractivity contribution in [3.63, 3.8) is 0 Å². The molecule has 1 aromatic rings. The van der Waals surface area contributed by atoms with E-state index in [1.165, 1.54) is 25.7 Å². The lowest BCUT2D eigenvalue weighted by Crippen LogP contribution is -1.95. The third-order valence-corrected chi connectivity index (χ3v) is 2.98. The first-order valence-electron chi connectivity index (χ1n) is 5.64. The Hall–Kier alpha value is -1.37. The Morgan fingerprint density at radius 2 is 1.80 bits per heavy atom. The minimum atomic E-state index is 0.127. The Morgan fingerprint density at radius 1 is 1.13 bits per heavy atom. The summed E-state index contributed by atoms with van der Waals surface area (Å²) in [4.78, 5) is 11.7. The number of hydrogen-bond donors (Lipinski definition) is 0. The second kappa shape index (κ2) is 4.92. The summed E-state index contributed by atoms with van der Waals surface area (Å²) in [5.41, 5.74) is 0.784. The maximum atomic E-state index is 11.7. The molecule has 1 aromatic carbocycles. The highest BCUT2D eigenvalue weighted by Crippen LogP contribution is 2.25. The molecule has 0 unspecified atom stereocenters. The number of carbonyl (C=O) groups excluding carboxylic acids is 1. The zero-order valence-electron chi connectivity index (χ0n) is 8.86. The topological polar surface area (TPSA) is 17.1 Å². The van der Waals surface area contributed by atoms with E-state index in [0.717, 1.165) is 5.56 Å². The summed E-state index contributed by atoms with van der Waals surface area (Å²) in [5, 5.41) is 0. The molecule has 1 heteroatoms. The van der Waals surface area contributed by atoms with Crippen molar-refractivity contribution in [1.29, 1.82) is 0 Å². The van der Waals surface area contributed by atoms with Gasteiger partial charge in [-0.15, -0.1) is 0 Å². The van der Waals surface area contributed by atoms with Crippen molar-refractivity contribution in [1.82, 2.24) is 0 Å². The quantitative estimate of drug-likeness (QED) is 0.538. The second-order valence-electron chi connectivity index (χ2n) is 4.13. The van der Waals surface area contributed by atoms with E-state index in [1.54, 1.807) is 6.08 Å². The van der Waals surface area contributed by atoms with Gasteiger partial charge in [-0.3, -0.25) is 4.79 Å². The van der Waals surface area contributed by atoms with Crippen LogP contribution in [0.5, 0.6) is 0 Å². The average molecular weight is 200 g/mol. The van der Waals surface area contributed by atoms with Crippen molar-refractivity contribution < 1.29 is 4.79 Å². The van der Waals surface area contributed by atoms with Gasteiger partial charge in [-0.25, -0.2) is 0 Å². The van der Waals surface area contributed by atoms with E-state index >= 15 is 0 Å². The molecule has 15 heavy (non-hydrogen) atoms. The van der Waals surface area contributed by atoms with Crippen molar-refractivity contribution in [3.8, 4) is 0 Å². The molecule has 0 aromatic heterocycles. The summed E-state index contributed by atoms with van der Waals surface area (Å²) in [6.07, 6.45) is 8.95. The first-order valence-corrected chi connectivity index (χ1v) is 5.64. The standard InChI is InChI=1S/C14H16O/c15-14(13-8-2-1-3-9-13)11-10-12-6-4-5-7-12/h1-3,8-12H,4-7H2/b11-10+. The molecule has 1 nitrogen and oxygen atoms in total. The maximum absolute atomic E-state index is 11.7. The zero-order chi connectivity index (χ0) is 10.5. The smallest absolute Gasteiger partial charge is 0.185 e. The van der Waals surface area contributed by atoms with E-state index in [1.807, 2.05) is 30.3 Å². The molecule has 0 N–H and O–H groups in total. The Kier molecular flexibility index (Phi) is 3.33. The molecule has 1 aliphatic rings. The van der Waals surface area contributed by atoms with Crippen LogP contribution in [0.1, 0.15) is 36.0 Å². The highest BCUT2D eigenvalue weighted by Gasteiger charge is 2.11. The van der Waals surface area contributed by atoms with Crippen LogP contribution in [0.4, 0.5) is 0 Å². The number of benzene rings is 1. The molecule has 1 saturated carbocycles. The van der Waals surface area contributed by atoms with Gasteiger partial charge in [-0.2, -0.15) is 0 Å². The van der Waals surface area contributed by atoms with Crippen LogP contribution in [0.3, 0.4) is 0 Å². The third-order valence-electron chi connectivity index (χ3n) is 2.98. The van der Waals surface area contributed by atoms with Gasteiger partial charge in [0.2, 0.25) is 0 Å².